The maximum Gasteiger partial charge on any atom is 0.245 e. The Bertz CT molecular complexity index is 1160. The fraction of sp³-hybridized carbons (Fsp3) is 0.280. The monoisotopic (exact) mass is 452 g/mol. The second-order valence-corrected chi connectivity index (χ2v) is 8.22. The molecule has 1 saturated heterocycles. The number of fused-ring (bicyclic) bond motifs is 1. The number of aromatic amines is 1. The lowest BCUT2D eigenvalue weighted by molar-refractivity contribution is -0.133. The summed E-state index contributed by atoms with van der Waals surface area (Å²) in [7, 11) is 0. The number of H-pyrrole nitrogens is 1. The van der Waals surface area contributed by atoms with Gasteiger partial charge in [-0.1, -0.05) is 12.1 Å². The van der Waals surface area contributed by atoms with Crippen LogP contribution in [0.1, 0.15) is 24.0 Å². The molecule has 1 aliphatic heterocycles. The van der Waals surface area contributed by atoms with Crippen molar-refractivity contribution in [2.24, 2.45) is 0 Å². The predicted molar refractivity (Wildman–Crippen MR) is 123 cm³/mol. The molecule has 1 aromatic heterocycles. The van der Waals surface area contributed by atoms with E-state index in [0.717, 1.165) is 16.5 Å². The second kappa shape index (κ2) is 9.95. The molecule has 0 radical (unpaired) electrons. The van der Waals surface area contributed by atoms with Gasteiger partial charge >= 0.3 is 0 Å². The average Bonchev–Trinajstić information content (AvgIpc) is 3.21. The summed E-state index contributed by atoms with van der Waals surface area (Å²) in [6.07, 6.45) is 6.21. The Kier molecular flexibility index (Phi) is 6.84. The highest BCUT2D eigenvalue weighted by Gasteiger charge is 2.40. The van der Waals surface area contributed by atoms with E-state index in [1.807, 2.05) is 6.20 Å². The molecule has 0 spiro atoms. The van der Waals surface area contributed by atoms with Gasteiger partial charge in [0.25, 0.3) is 0 Å². The Morgan fingerprint density at radius 2 is 1.76 bits per heavy atom. The van der Waals surface area contributed by atoms with Gasteiger partial charge in [-0.25, -0.2) is 8.78 Å². The van der Waals surface area contributed by atoms with Crippen LogP contribution in [-0.2, 0) is 16.0 Å². The van der Waals surface area contributed by atoms with Crippen molar-refractivity contribution in [2.45, 2.75) is 24.8 Å². The number of aromatic nitrogens is 1. The van der Waals surface area contributed by atoms with Crippen molar-refractivity contribution in [3.05, 3.63) is 77.5 Å². The zero-order valence-electron chi connectivity index (χ0n) is 18.1. The smallest absolute Gasteiger partial charge is 0.245 e. The van der Waals surface area contributed by atoms with Crippen molar-refractivity contribution in [3.63, 3.8) is 0 Å². The number of carbonyl (C=O) groups excluding carboxylic acids is 2. The van der Waals surface area contributed by atoms with E-state index in [1.54, 1.807) is 24.3 Å². The maximum absolute atomic E-state index is 13.6. The van der Waals surface area contributed by atoms with Crippen LogP contribution in [0.3, 0.4) is 0 Å². The molecule has 8 heteroatoms. The van der Waals surface area contributed by atoms with Crippen LogP contribution in [-0.4, -0.2) is 42.0 Å². The summed E-state index contributed by atoms with van der Waals surface area (Å²) in [6, 6.07) is 10.4. The van der Waals surface area contributed by atoms with E-state index in [-0.39, 0.29) is 23.4 Å². The first-order valence-electron chi connectivity index (χ1n) is 11.0. The van der Waals surface area contributed by atoms with Gasteiger partial charge in [0.15, 0.2) is 0 Å². The molecular formula is C25H26F2N4O2. The van der Waals surface area contributed by atoms with Crippen molar-refractivity contribution in [1.82, 2.24) is 20.9 Å². The molecular weight excluding hydrogens is 426 g/mol. The second-order valence-electron chi connectivity index (χ2n) is 8.22. The fourth-order valence-corrected chi connectivity index (χ4v) is 4.12. The molecule has 0 bridgehead atoms. The Balaban J connectivity index is 1.39. The van der Waals surface area contributed by atoms with E-state index >= 15 is 0 Å². The van der Waals surface area contributed by atoms with Gasteiger partial charge in [0.1, 0.15) is 17.2 Å². The van der Waals surface area contributed by atoms with Crippen LogP contribution in [0.15, 0.2) is 54.7 Å². The molecule has 1 aliphatic rings. The van der Waals surface area contributed by atoms with E-state index in [2.05, 4.69) is 20.9 Å². The number of rotatable bonds is 7. The number of hydrogen-bond donors (Lipinski definition) is 4. The predicted octanol–water partition coefficient (Wildman–Crippen LogP) is 3.06. The highest BCUT2D eigenvalue weighted by atomic mass is 19.1. The summed E-state index contributed by atoms with van der Waals surface area (Å²) in [5.41, 5.74) is 1.43. The van der Waals surface area contributed by atoms with Gasteiger partial charge in [-0.3, -0.25) is 9.59 Å². The molecule has 2 aromatic carbocycles. The number of amides is 2. The van der Waals surface area contributed by atoms with Crippen molar-refractivity contribution in [2.75, 3.05) is 19.6 Å². The Morgan fingerprint density at radius 3 is 2.52 bits per heavy atom. The summed E-state index contributed by atoms with van der Waals surface area (Å²) in [6.45, 7) is 1.58. The molecule has 2 amide bonds. The van der Waals surface area contributed by atoms with E-state index in [0.29, 0.717) is 44.5 Å². The van der Waals surface area contributed by atoms with E-state index in [4.69, 9.17) is 0 Å². The van der Waals surface area contributed by atoms with Crippen molar-refractivity contribution < 1.29 is 18.4 Å². The third kappa shape index (κ3) is 5.46. The van der Waals surface area contributed by atoms with Crippen molar-refractivity contribution in [3.8, 4) is 0 Å². The van der Waals surface area contributed by atoms with E-state index in [1.165, 1.54) is 30.3 Å². The average molecular weight is 453 g/mol. The summed E-state index contributed by atoms with van der Waals surface area (Å²) in [5, 5.41) is 9.83. The molecule has 0 atom stereocenters. The number of halogens is 2. The highest BCUT2D eigenvalue weighted by Crippen LogP contribution is 2.21. The molecule has 6 nitrogen and oxygen atoms in total. The topological polar surface area (TPSA) is 86.0 Å². The van der Waals surface area contributed by atoms with Crippen LogP contribution >= 0.6 is 0 Å². The molecule has 4 N–H and O–H groups in total. The molecule has 0 aliphatic carbocycles. The SMILES string of the molecule is O=C(C=Cc1ccc(F)cc1)NC1(C(=O)NCCc2c[nH]c3ccc(F)cc23)CCNCC1. The van der Waals surface area contributed by atoms with Gasteiger partial charge in [0.2, 0.25) is 11.8 Å². The number of nitrogens with one attached hydrogen (secondary N) is 4. The van der Waals surface area contributed by atoms with E-state index in [9.17, 15) is 18.4 Å². The van der Waals surface area contributed by atoms with Gasteiger partial charge in [-0.2, -0.15) is 0 Å². The van der Waals surface area contributed by atoms with Crippen LogP contribution in [0.5, 0.6) is 0 Å². The lowest BCUT2D eigenvalue weighted by Crippen LogP contribution is -2.62. The van der Waals surface area contributed by atoms with Crippen molar-refractivity contribution >= 4 is 28.8 Å². The highest BCUT2D eigenvalue weighted by molar-refractivity contribution is 5.97. The first-order chi connectivity index (χ1) is 15.9. The Labute approximate surface area is 190 Å². The fourth-order valence-electron chi connectivity index (χ4n) is 4.12. The summed E-state index contributed by atoms with van der Waals surface area (Å²) >= 11 is 0. The molecule has 172 valence electrons. The quantitative estimate of drug-likeness (QED) is 0.416. The summed E-state index contributed by atoms with van der Waals surface area (Å²) < 4.78 is 26.6. The zero-order valence-corrected chi connectivity index (χ0v) is 18.1. The maximum atomic E-state index is 13.6. The van der Waals surface area contributed by atoms with Crippen LogP contribution in [0, 0.1) is 11.6 Å². The van der Waals surface area contributed by atoms with Crippen molar-refractivity contribution in [1.29, 1.82) is 0 Å². The molecule has 3 aromatic rings. The molecule has 2 heterocycles. The number of carbonyl (C=O) groups is 2. The first-order valence-corrected chi connectivity index (χ1v) is 11.0. The normalized spacial score (nSPS) is 15.6. The standard InChI is InChI=1S/C25H26F2N4O2/c26-19-4-1-17(2-5-19)3-8-23(32)31-25(10-13-28-14-11-25)24(33)29-12-9-18-16-30-22-7-6-20(27)15-21(18)22/h1-8,15-16,28,30H,9-14H2,(H,29,33)(H,31,32). The summed E-state index contributed by atoms with van der Waals surface area (Å²) in [5.74, 6) is -1.28. The minimum absolute atomic E-state index is 0.237. The number of benzene rings is 2. The number of piperidine rings is 1. The van der Waals surface area contributed by atoms with Crippen LogP contribution in [0.4, 0.5) is 8.78 Å². The third-order valence-corrected chi connectivity index (χ3v) is 5.96. The minimum Gasteiger partial charge on any atom is -0.361 e. The largest absolute Gasteiger partial charge is 0.361 e. The number of hydrogen-bond acceptors (Lipinski definition) is 3. The van der Waals surface area contributed by atoms with Gasteiger partial charge in [-0.15, -0.1) is 0 Å². The Morgan fingerprint density at radius 1 is 1.03 bits per heavy atom. The van der Waals surface area contributed by atoms with Crippen LogP contribution < -0.4 is 16.0 Å². The molecule has 33 heavy (non-hydrogen) atoms. The Hall–Kier alpha value is -3.52. The lowest BCUT2D eigenvalue weighted by atomic mass is 9.87. The van der Waals surface area contributed by atoms with Gasteiger partial charge < -0.3 is 20.9 Å². The van der Waals surface area contributed by atoms with Gasteiger partial charge in [0, 0.05) is 29.7 Å². The molecule has 0 saturated carbocycles. The summed E-state index contributed by atoms with van der Waals surface area (Å²) in [4.78, 5) is 28.8. The van der Waals surface area contributed by atoms with Gasteiger partial charge in [0.05, 0.1) is 0 Å². The first kappa shape index (κ1) is 22.7. The van der Waals surface area contributed by atoms with Crippen LogP contribution in [0.25, 0.3) is 17.0 Å². The molecule has 1 fully saturated rings. The van der Waals surface area contributed by atoms with Gasteiger partial charge in [-0.05, 0) is 79.9 Å². The third-order valence-electron chi connectivity index (χ3n) is 5.96. The zero-order chi connectivity index (χ0) is 23.3. The molecule has 4 rings (SSSR count). The molecule has 0 unspecified atom stereocenters. The van der Waals surface area contributed by atoms with Crippen LogP contribution in [0.2, 0.25) is 0 Å². The lowest BCUT2D eigenvalue weighted by Gasteiger charge is -2.36. The minimum atomic E-state index is -1.01. The van der Waals surface area contributed by atoms with E-state index < -0.39 is 5.54 Å².